The number of aryl methyl sites for hydroxylation is 1. The van der Waals surface area contributed by atoms with Crippen LogP contribution in [0, 0.1) is 11.7 Å². The van der Waals surface area contributed by atoms with Crippen molar-refractivity contribution in [1.29, 1.82) is 0 Å². The molecule has 1 aromatic heterocycles. The Labute approximate surface area is 228 Å². The van der Waals surface area contributed by atoms with E-state index in [2.05, 4.69) is 10.3 Å². The number of pyridine rings is 1. The fraction of sp³-hybridized carbons (Fsp3) is 0.387. The fourth-order valence-corrected chi connectivity index (χ4v) is 5.62. The average Bonchev–Trinajstić information content (AvgIpc) is 2.95. The molecule has 2 heterocycles. The average molecular weight is 534 g/mol. The fourth-order valence-electron chi connectivity index (χ4n) is 5.62. The van der Waals surface area contributed by atoms with Gasteiger partial charge in [0, 0.05) is 43.5 Å². The van der Waals surface area contributed by atoms with Crippen molar-refractivity contribution in [3.63, 3.8) is 0 Å². The van der Waals surface area contributed by atoms with Gasteiger partial charge < -0.3 is 20.4 Å². The zero-order valence-corrected chi connectivity index (χ0v) is 22.3. The minimum Gasteiger partial charge on any atom is -0.465 e. The zero-order valence-electron chi connectivity index (χ0n) is 22.3. The highest BCUT2D eigenvalue weighted by atomic mass is 19.1. The number of piperidine rings is 1. The quantitative estimate of drug-likeness (QED) is 0.312. The highest BCUT2D eigenvalue weighted by Crippen LogP contribution is 2.44. The predicted octanol–water partition coefficient (Wildman–Crippen LogP) is 5.17. The number of amides is 2. The van der Waals surface area contributed by atoms with Crippen molar-refractivity contribution >= 4 is 12.0 Å². The smallest absolute Gasteiger partial charge is 0.404 e. The topological polar surface area (TPSA) is 103 Å². The lowest BCUT2D eigenvalue weighted by molar-refractivity contribution is -0.136. The Bertz CT molecular complexity index is 1290. The molecule has 3 N–H and O–H groups in total. The number of likely N-dealkylation sites (tertiary alicyclic amines) is 1. The summed E-state index contributed by atoms with van der Waals surface area (Å²) in [6, 6.07) is 16.1. The van der Waals surface area contributed by atoms with Gasteiger partial charge in [-0.25, -0.2) is 9.18 Å². The summed E-state index contributed by atoms with van der Waals surface area (Å²) in [6.07, 6.45) is 5.15. The van der Waals surface area contributed by atoms with E-state index in [-0.39, 0.29) is 31.2 Å². The molecule has 1 aliphatic rings. The summed E-state index contributed by atoms with van der Waals surface area (Å²) in [7, 11) is 0. The maximum atomic E-state index is 15.5. The van der Waals surface area contributed by atoms with E-state index in [1.54, 1.807) is 29.4 Å². The molecule has 0 bridgehead atoms. The van der Waals surface area contributed by atoms with Crippen LogP contribution < -0.4 is 5.32 Å². The lowest BCUT2D eigenvalue weighted by Crippen LogP contribution is -2.49. The van der Waals surface area contributed by atoms with Gasteiger partial charge >= 0.3 is 6.09 Å². The van der Waals surface area contributed by atoms with Crippen molar-refractivity contribution in [2.24, 2.45) is 5.92 Å². The van der Waals surface area contributed by atoms with Crippen LogP contribution >= 0.6 is 0 Å². The molecule has 2 amide bonds. The first kappa shape index (κ1) is 28.2. The van der Waals surface area contributed by atoms with Crippen molar-refractivity contribution in [2.45, 2.75) is 51.0 Å². The van der Waals surface area contributed by atoms with Crippen LogP contribution in [0.5, 0.6) is 0 Å². The first-order chi connectivity index (χ1) is 18.8. The van der Waals surface area contributed by atoms with E-state index in [4.69, 9.17) is 5.11 Å². The van der Waals surface area contributed by atoms with Crippen LogP contribution in [0.3, 0.4) is 0 Å². The van der Waals surface area contributed by atoms with Crippen LogP contribution in [-0.2, 0) is 23.2 Å². The molecule has 206 valence electrons. The van der Waals surface area contributed by atoms with Crippen LogP contribution in [0.2, 0.25) is 0 Å². The highest BCUT2D eigenvalue weighted by molar-refractivity contribution is 5.79. The second-order valence-corrected chi connectivity index (χ2v) is 10.2. The largest absolute Gasteiger partial charge is 0.465 e. The molecular weight excluding hydrogens is 497 g/mol. The van der Waals surface area contributed by atoms with Crippen LogP contribution in [0.1, 0.15) is 49.3 Å². The molecule has 1 aliphatic heterocycles. The van der Waals surface area contributed by atoms with Gasteiger partial charge in [-0.05, 0) is 72.6 Å². The standard InChI is InChI=1S/C31H36FN3O4/c1-2-22-7-3-8-24(19-22)29-26(10-4-11-27(29)32)31(39,14-6-15-34-30(37)38)25-9-5-18-35(21-25)28(36)20-23-12-16-33-17-13-23/h3-4,7-8,10-13,16-17,19,25,34,39H,2,5-6,9,14-15,18,20-21H2,1H3,(H,37,38)/t25-,31+/m1/s1. The minimum atomic E-state index is -1.48. The number of carbonyl (C=O) groups excluding carboxylic acids is 1. The number of aromatic nitrogens is 1. The number of aliphatic hydroxyl groups is 1. The summed E-state index contributed by atoms with van der Waals surface area (Å²) in [5, 5.41) is 23.9. The first-order valence-electron chi connectivity index (χ1n) is 13.6. The molecule has 0 spiro atoms. The summed E-state index contributed by atoms with van der Waals surface area (Å²) >= 11 is 0. The van der Waals surface area contributed by atoms with Crippen LogP contribution in [0.15, 0.2) is 67.0 Å². The molecule has 3 aromatic rings. The van der Waals surface area contributed by atoms with Crippen LogP contribution in [0.4, 0.5) is 9.18 Å². The van der Waals surface area contributed by atoms with Crippen molar-refractivity contribution < 1.29 is 24.2 Å². The third kappa shape index (κ3) is 6.81. The van der Waals surface area contributed by atoms with E-state index in [9.17, 15) is 14.7 Å². The van der Waals surface area contributed by atoms with Gasteiger partial charge in [-0.1, -0.05) is 43.3 Å². The maximum absolute atomic E-state index is 15.5. The summed E-state index contributed by atoms with van der Waals surface area (Å²) in [4.78, 5) is 30.0. The SMILES string of the molecule is CCc1cccc(-c2c(F)cccc2[C@](O)(CCCNC(=O)O)[C@@H]2CCCN(C(=O)Cc3ccncc3)C2)c1. The number of hydrogen-bond acceptors (Lipinski definition) is 4. The molecule has 8 heteroatoms. The molecule has 39 heavy (non-hydrogen) atoms. The second kappa shape index (κ2) is 12.8. The number of carbonyl (C=O) groups is 2. The van der Waals surface area contributed by atoms with E-state index in [0.29, 0.717) is 49.0 Å². The molecule has 0 unspecified atom stereocenters. The van der Waals surface area contributed by atoms with Crippen molar-refractivity contribution in [3.8, 4) is 11.1 Å². The lowest BCUT2D eigenvalue weighted by atomic mass is 9.72. The number of nitrogens with zero attached hydrogens (tertiary/aromatic N) is 2. The lowest BCUT2D eigenvalue weighted by Gasteiger charge is -2.43. The normalized spacial score (nSPS) is 16.9. The highest BCUT2D eigenvalue weighted by Gasteiger charge is 2.43. The van der Waals surface area contributed by atoms with E-state index in [0.717, 1.165) is 17.5 Å². The van der Waals surface area contributed by atoms with Crippen molar-refractivity contribution in [2.75, 3.05) is 19.6 Å². The van der Waals surface area contributed by atoms with Gasteiger partial charge in [0.05, 0.1) is 12.0 Å². The van der Waals surface area contributed by atoms with Crippen molar-refractivity contribution in [3.05, 3.63) is 89.5 Å². The molecule has 4 rings (SSSR count). The summed E-state index contributed by atoms with van der Waals surface area (Å²) in [5.41, 5.74) is 1.96. The van der Waals surface area contributed by atoms with Gasteiger partial charge in [0.15, 0.2) is 0 Å². The van der Waals surface area contributed by atoms with E-state index in [1.165, 1.54) is 6.07 Å². The van der Waals surface area contributed by atoms with Crippen molar-refractivity contribution in [1.82, 2.24) is 15.2 Å². The van der Waals surface area contributed by atoms with Crippen LogP contribution in [-0.4, -0.2) is 51.7 Å². The second-order valence-electron chi connectivity index (χ2n) is 10.2. The molecule has 2 aromatic carbocycles. The number of hydrogen-bond donors (Lipinski definition) is 3. The number of carboxylic acid groups (broad SMARTS) is 1. The van der Waals surface area contributed by atoms with E-state index >= 15 is 4.39 Å². The number of rotatable bonds is 10. The summed E-state index contributed by atoms with van der Waals surface area (Å²) in [6.45, 7) is 3.11. The molecule has 0 aliphatic carbocycles. The Balaban J connectivity index is 1.69. The summed E-state index contributed by atoms with van der Waals surface area (Å²) in [5.74, 6) is -0.812. The van der Waals surface area contributed by atoms with E-state index in [1.807, 2.05) is 43.3 Å². The maximum Gasteiger partial charge on any atom is 0.404 e. The number of halogens is 1. The van der Waals surface area contributed by atoms with Crippen LogP contribution in [0.25, 0.3) is 11.1 Å². The van der Waals surface area contributed by atoms with Gasteiger partial charge in [0.2, 0.25) is 5.91 Å². The number of nitrogens with one attached hydrogen (secondary N) is 1. The zero-order chi connectivity index (χ0) is 27.8. The third-order valence-corrected chi connectivity index (χ3v) is 7.67. The molecule has 2 atom stereocenters. The molecule has 7 nitrogen and oxygen atoms in total. The third-order valence-electron chi connectivity index (χ3n) is 7.67. The molecule has 0 saturated carbocycles. The minimum absolute atomic E-state index is 0.0316. The molecular formula is C31H36FN3O4. The Kier molecular flexibility index (Phi) is 9.30. The molecule has 1 saturated heterocycles. The summed E-state index contributed by atoms with van der Waals surface area (Å²) < 4.78 is 15.5. The number of benzene rings is 2. The van der Waals surface area contributed by atoms with Gasteiger partial charge in [-0.2, -0.15) is 0 Å². The van der Waals surface area contributed by atoms with E-state index < -0.39 is 17.5 Å². The van der Waals surface area contributed by atoms with Gasteiger partial charge in [-0.15, -0.1) is 0 Å². The first-order valence-corrected chi connectivity index (χ1v) is 13.6. The predicted molar refractivity (Wildman–Crippen MR) is 148 cm³/mol. The molecule has 0 radical (unpaired) electrons. The Morgan fingerprint density at radius 1 is 1.13 bits per heavy atom. The Hall–Kier alpha value is -3.78. The molecule has 1 fully saturated rings. The Morgan fingerprint density at radius 3 is 2.64 bits per heavy atom. The van der Waals surface area contributed by atoms with Gasteiger partial charge in [-0.3, -0.25) is 9.78 Å². The monoisotopic (exact) mass is 533 g/mol. The Morgan fingerprint density at radius 2 is 1.90 bits per heavy atom. The van der Waals surface area contributed by atoms with Gasteiger partial charge in [0.1, 0.15) is 5.82 Å². The van der Waals surface area contributed by atoms with Gasteiger partial charge in [0.25, 0.3) is 0 Å².